The molecule has 4 aromatic rings. The minimum absolute atomic E-state index is 0.103. The summed E-state index contributed by atoms with van der Waals surface area (Å²) in [6.07, 6.45) is 0. The van der Waals surface area contributed by atoms with Gasteiger partial charge >= 0.3 is 0 Å². The molecular formula is C25H23N3O6S. The Labute approximate surface area is 206 Å². The summed E-state index contributed by atoms with van der Waals surface area (Å²) in [4.78, 5) is 0.372. The summed E-state index contributed by atoms with van der Waals surface area (Å²) in [6.45, 7) is 2.19. The standard InChI is InChI=1S/C25H23N3O6S/c1-16-8-11-22(31-2)21(12-16)27-28-24-23(35-34-33-30)14-17-13-18(9-10-20(17)25(24)29)26-15-32-19-6-4-3-5-7-19/h3-14,26,29-30H,15H2,1-2H3. The highest BCUT2D eigenvalue weighted by Gasteiger charge is 2.16. The average molecular weight is 494 g/mol. The van der Waals surface area contributed by atoms with Gasteiger partial charge in [-0.3, -0.25) is 0 Å². The first-order valence-corrected chi connectivity index (χ1v) is 11.3. The van der Waals surface area contributed by atoms with E-state index in [1.807, 2.05) is 61.5 Å². The summed E-state index contributed by atoms with van der Waals surface area (Å²) in [5, 5.41) is 36.4. The molecule has 0 bridgehead atoms. The van der Waals surface area contributed by atoms with Crippen molar-refractivity contribution in [3.8, 4) is 17.2 Å². The third-order valence-corrected chi connectivity index (χ3v) is 5.68. The smallest absolute Gasteiger partial charge is 0.159 e. The number of fused-ring (bicyclic) bond motifs is 1. The van der Waals surface area contributed by atoms with E-state index >= 15 is 0 Å². The summed E-state index contributed by atoms with van der Waals surface area (Å²) in [6, 6.07) is 22.1. The molecule has 4 aromatic carbocycles. The van der Waals surface area contributed by atoms with E-state index in [4.69, 9.17) is 14.7 Å². The summed E-state index contributed by atoms with van der Waals surface area (Å²) >= 11 is 0.683. The Hall–Kier alpha value is -3.83. The van der Waals surface area contributed by atoms with Crippen molar-refractivity contribution in [3.63, 3.8) is 0 Å². The van der Waals surface area contributed by atoms with E-state index in [1.54, 1.807) is 25.3 Å². The highest BCUT2D eigenvalue weighted by molar-refractivity contribution is 7.94. The molecule has 35 heavy (non-hydrogen) atoms. The number of phenols is 1. The lowest BCUT2D eigenvalue weighted by atomic mass is 10.1. The summed E-state index contributed by atoms with van der Waals surface area (Å²) in [5.41, 5.74) is 2.41. The number of benzene rings is 4. The molecule has 0 aliphatic carbocycles. The molecule has 0 aliphatic rings. The lowest BCUT2D eigenvalue weighted by Crippen LogP contribution is -2.08. The third-order valence-electron chi connectivity index (χ3n) is 5.06. The van der Waals surface area contributed by atoms with E-state index in [1.165, 1.54) is 0 Å². The summed E-state index contributed by atoms with van der Waals surface area (Å²) < 4.78 is 15.6. The van der Waals surface area contributed by atoms with Crippen molar-refractivity contribution in [1.29, 1.82) is 0 Å². The lowest BCUT2D eigenvalue weighted by Gasteiger charge is -2.12. The second-order valence-electron chi connectivity index (χ2n) is 7.39. The molecule has 3 N–H and O–H groups in total. The van der Waals surface area contributed by atoms with Crippen LogP contribution in [-0.4, -0.2) is 24.2 Å². The average Bonchev–Trinajstić information content (AvgIpc) is 2.87. The Morgan fingerprint density at radius 1 is 0.971 bits per heavy atom. The number of para-hydroxylation sites is 1. The predicted octanol–water partition coefficient (Wildman–Crippen LogP) is 7.15. The molecule has 0 aromatic heterocycles. The molecule has 0 unspecified atom stereocenters. The fourth-order valence-electron chi connectivity index (χ4n) is 3.38. The fourth-order valence-corrected chi connectivity index (χ4v) is 3.87. The molecule has 0 saturated carbocycles. The SMILES string of the molecule is COc1ccc(C)cc1N=Nc1c(SOOO)cc2cc(NCOc3ccccc3)ccc2c1O. The molecule has 4 rings (SSSR count). The van der Waals surface area contributed by atoms with Crippen molar-refractivity contribution in [2.45, 2.75) is 11.8 Å². The van der Waals surface area contributed by atoms with Crippen LogP contribution in [0.25, 0.3) is 10.8 Å². The number of nitrogens with zero attached hydrogens (tertiary/aromatic N) is 2. The monoisotopic (exact) mass is 493 g/mol. The fraction of sp³-hybridized carbons (Fsp3) is 0.120. The van der Waals surface area contributed by atoms with Crippen LogP contribution in [0, 0.1) is 6.92 Å². The van der Waals surface area contributed by atoms with Crippen LogP contribution in [0.4, 0.5) is 17.1 Å². The molecule has 0 saturated heterocycles. The van der Waals surface area contributed by atoms with Crippen LogP contribution in [0.3, 0.4) is 0 Å². The normalized spacial score (nSPS) is 11.2. The largest absolute Gasteiger partial charge is 0.505 e. The number of hydrogen-bond acceptors (Lipinski definition) is 10. The Morgan fingerprint density at radius 2 is 1.80 bits per heavy atom. The second kappa shape index (κ2) is 11.5. The van der Waals surface area contributed by atoms with E-state index in [0.29, 0.717) is 39.1 Å². The number of hydrogen-bond donors (Lipinski definition) is 3. The molecule has 10 heteroatoms. The number of aromatic hydroxyl groups is 1. The number of phenolic OH excluding ortho intramolecular Hbond substituents is 1. The van der Waals surface area contributed by atoms with Crippen molar-refractivity contribution < 1.29 is 29.2 Å². The maximum atomic E-state index is 11.0. The third kappa shape index (κ3) is 6.00. The number of ether oxygens (including phenoxy) is 2. The van der Waals surface area contributed by atoms with Crippen molar-refractivity contribution in [2.24, 2.45) is 10.2 Å². The van der Waals surface area contributed by atoms with Gasteiger partial charge in [0.2, 0.25) is 0 Å². The number of azo groups is 1. The summed E-state index contributed by atoms with van der Waals surface area (Å²) in [7, 11) is 1.54. The zero-order valence-corrected chi connectivity index (χ0v) is 19.8. The number of nitrogens with one attached hydrogen (secondary N) is 1. The maximum absolute atomic E-state index is 11.0. The first-order chi connectivity index (χ1) is 17.1. The first-order valence-electron chi connectivity index (χ1n) is 10.5. The molecule has 0 radical (unpaired) electrons. The summed E-state index contributed by atoms with van der Waals surface area (Å²) in [5.74, 6) is 1.18. The number of methoxy groups -OCH3 is 1. The van der Waals surface area contributed by atoms with Crippen LogP contribution < -0.4 is 14.8 Å². The molecule has 0 heterocycles. The van der Waals surface area contributed by atoms with Crippen LogP contribution >= 0.6 is 12.0 Å². The van der Waals surface area contributed by atoms with Crippen LogP contribution in [0.2, 0.25) is 0 Å². The van der Waals surface area contributed by atoms with Gasteiger partial charge in [0.15, 0.2) is 12.5 Å². The van der Waals surface area contributed by atoms with Gasteiger partial charge in [-0.1, -0.05) is 29.3 Å². The first kappa shape index (κ1) is 24.3. The van der Waals surface area contributed by atoms with Gasteiger partial charge in [-0.2, -0.15) is 0 Å². The molecule has 0 aliphatic heterocycles. The lowest BCUT2D eigenvalue weighted by molar-refractivity contribution is -0.432. The van der Waals surface area contributed by atoms with Gasteiger partial charge in [0.25, 0.3) is 0 Å². The Morgan fingerprint density at radius 3 is 2.57 bits per heavy atom. The molecule has 0 fully saturated rings. The van der Waals surface area contributed by atoms with E-state index in [9.17, 15) is 5.11 Å². The van der Waals surface area contributed by atoms with Gasteiger partial charge in [-0.05, 0) is 66.4 Å². The number of anilines is 1. The molecular weight excluding hydrogens is 470 g/mol. The van der Waals surface area contributed by atoms with Gasteiger partial charge in [0, 0.05) is 11.1 Å². The Balaban J connectivity index is 1.64. The Kier molecular flexibility index (Phi) is 8.01. The van der Waals surface area contributed by atoms with Gasteiger partial charge in [0.05, 0.1) is 24.0 Å². The van der Waals surface area contributed by atoms with E-state index in [2.05, 4.69) is 24.9 Å². The highest BCUT2D eigenvalue weighted by Crippen LogP contribution is 2.45. The molecule has 9 nitrogen and oxygen atoms in total. The minimum Gasteiger partial charge on any atom is -0.505 e. The van der Waals surface area contributed by atoms with Crippen LogP contribution in [0.15, 0.2) is 87.9 Å². The van der Waals surface area contributed by atoms with Crippen LogP contribution in [-0.2, 0) is 9.37 Å². The van der Waals surface area contributed by atoms with E-state index in [0.717, 1.165) is 17.0 Å². The molecule has 180 valence electrons. The molecule has 0 spiro atoms. The van der Waals surface area contributed by atoms with Gasteiger partial charge in [-0.25, -0.2) is 5.26 Å². The number of aryl methyl sites for hydroxylation is 1. The van der Waals surface area contributed by atoms with Gasteiger partial charge < -0.3 is 19.9 Å². The second-order valence-corrected chi connectivity index (χ2v) is 8.13. The van der Waals surface area contributed by atoms with E-state index < -0.39 is 0 Å². The highest BCUT2D eigenvalue weighted by atomic mass is 32.2. The van der Waals surface area contributed by atoms with Crippen molar-refractivity contribution >= 4 is 39.9 Å². The molecule has 0 atom stereocenters. The van der Waals surface area contributed by atoms with Crippen molar-refractivity contribution in [1.82, 2.24) is 0 Å². The molecule has 0 amide bonds. The van der Waals surface area contributed by atoms with Crippen molar-refractivity contribution in [2.75, 3.05) is 19.2 Å². The quantitative estimate of drug-likeness (QED) is 0.0701. The number of rotatable bonds is 10. The van der Waals surface area contributed by atoms with Crippen LogP contribution in [0.5, 0.6) is 17.2 Å². The predicted molar refractivity (Wildman–Crippen MR) is 134 cm³/mol. The zero-order valence-electron chi connectivity index (χ0n) is 19.0. The van der Waals surface area contributed by atoms with Gasteiger partial charge in [0.1, 0.15) is 22.9 Å². The zero-order chi connectivity index (χ0) is 24.6. The van der Waals surface area contributed by atoms with Gasteiger partial charge in [-0.15, -0.1) is 14.6 Å². The van der Waals surface area contributed by atoms with Crippen molar-refractivity contribution in [3.05, 3.63) is 78.4 Å². The van der Waals surface area contributed by atoms with Crippen LogP contribution in [0.1, 0.15) is 5.56 Å². The Bertz CT molecular complexity index is 1330. The maximum Gasteiger partial charge on any atom is 0.159 e. The topological polar surface area (TPSA) is 114 Å². The van der Waals surface area contributed by atoms with E-state index in [-0.39, 0.29) is 18.2 Å². The minimum atomic E-state index is -0.103.